The van der Waals surface area contributed by atoms with Crippen LogP contribution in [-0.2, 0) is 6.42 Å². The van der Waals surface area contributed by atoms with Crippen LogP contribution in [0.3, 0.4) is 0 Å². The first-order valence-electron chi connectivity index (χ1n) is 6.56. The zero-order valence-electron chi connectivity index (χ0n) is 10.7. The lowest BCUT2D eigenvalue weighted by Crippen LogP contribution is -1.90. The van der Waals surface area contributed by atoms with E-state index in [-0.39, 0.29) is 6.61 Å². The molecule has 0 bridgehead atoms. The van der Waals surface area contributed by atoms with E-state index in [2.05, 4.69) is 66.7 Å². The molecule has 0 spiro atoms. The van der Waals surface area contributed by atoms with Crippen molar-refractivity contribution >= 4 is 10.8 Å². The summed E-state index contributed by atoms with van der Waals surface area (Å²) < 4.78 is 0. The second kappa shape index (κ2) is 5.25. The average molecular weight is 248 g/mol. The molecule has 0 amide bonds. The Kier molecular flexibility index (Phi) is 3.30. The summed E-state index contributed by atoms with van der Waals surface area (Å²) >= 11 is 0. The van der Waals surface area contributed by atoms with E-state index in [4.69, 9.17) is 5.11 Å². The summed E-state index contributed by atoms with van der Waals surface area (Å²) in [5, 5.41) is 11.5. The summed E-state index contributed by atoms with van der Waals surface area (Å²) in [6.45, 7) is 0.202. The Morgan fingerprint density at radius 3 is 2.26 bits per heavy atom. The van der Waals surface area contributed by atoms with Crippen LogP contribution in [0, 0.1) is 0 Å². The largest absolute Gasteiger partial charge is 0.396 e. The van der Waals surface area contributed by atoms with Gasteiger partial charge in [0.15, 0.2) is 0 Å². The Morgan fingerprint density at radius 1 is 0.737 bits per heavy atom. The summed E-state index contributed by atoms with van der Waals surface area (Å²) in [6, 6.07) is 23.3. The van der Waals surface area contributed by atoms with Crippen LogP contribution in [0.1, 0.15) is 5.56 Å². The Balaban J connectivity index is 2.08. The SMILES string of the molecule is OCCc1ccc(-c2cccc3ccccc23)cc1. The van der Waals surface area contributed by atoms with Gasteiger partial charge in [0.1, 0.15) is 0 Å². The molecule has 0 saturated carbocycles. The van der Waals surface area contributed by atoms with E-state index >= 15 is 0 Å². The van der Waals surface area contributed by atoms with Crippen molar-refractivity contribution in [3.63, 3.8) is 0 Å². The van der Waals surface area contributed by atoms with Crippen LogP contribution in [0.4, 0.5) is 0 Å². The maximum Gasteiger partial charge on any atom is 0.0471 e. The third kappa shape index (κ3) is 2.38. The first kappa shape index (κ1) is 11.9. The van der Waals surface area contributed by atoms with Gasteiger partial charge in [0.05, 0.1) is 0 Å². The van der Waals surface area contributed by atoms with Crippen LogP contribution in [0.2, 0.25) is 0 Å². The number of aliphatic hydroxyl groups excluding tert-OH is 1. The van der Waals surface area contributed by atoms with Crippen molar-refractivity contribution in [3.05, 3.63) is 72.3 Å². The minimum Gasteiger partial charge on any atom is -0.396 e. The van der Waals surface area contributed by atoms with Crippen molar-refractivity contribution in [2.45, 2.75) is 6.42 Å². The molecule has 3 aromatic carbocycles. The van der Waals surface area contributed by atoms with E-state index < -0.39 is 0 Å². The lowest BCUT2D eigenvalue weighted by atomic mass is 9.97. The maximum absolute atomic E-state index is 8.95. The molecule has 0 atom stereocenters. The summed E-state index contributed by atoms with van der Waals surface area (Å²) in [4.78, 5) is 0. The van der Waals surface area contributed by atoms with E-state index in [9.17, 15) is 0 Å². The third-order valence-electron chi connectivity index (χ3n) is 3.46. The number of hydrogen-bond acceptors (Lipinski definition) is 1. The second-order valence-corrected chi connectivity index (χ2v) is 4.70. The van der Waals surface area contributed by atoms with Gasteiger partial charge in [-0.2, -0.15) is 0 Å². The van der Waals surface area contributed by atoms with Gasteiger partial charge in [-0.15, -0.1) is 0 Å². The Labute approximate surface area is 113 Å². The Hall–Kier alpha value is -2.12. The molecule has 0 aliphatic heterocycles. The maximum atomic E-state index is 8.95. The molecule has 1 N–H and O–H groups in total. The normalized spacial score (nSPS) is 10.8. The molecule has 1 nitrogen and oxygen atoms in total. The van der Waals surface area contributed by atoms with Crippen molar-refractivity contribution < 1.29 is 5.11 Å². The van der Waals surface area contributed by atoms with Crippen molar-refractivity contribution in [1.82, 2.24) is 0 Å². The summed E-state index contributed by atoms with van der Waals surface area (Å²) in [7, 11) is 0. The molecular weight excluding hydrogens is 232 g/mol. The molecule has 19 heavy (non-hydrogen) atoms. The van der Waals surface area contributed by atoms with Gasteiger partial charge in [-0.3, -0.25) is 0 Å². The van der Waals surface area contributed by atoms with Crippen molar-refractivity contribution in [2.24, 2.45) is 0 Å². The van der Waals surface area contributed by atoms with Crippen LogP contribution in [-0.4, -0.2) is 11.7 Å². The van der Waals surface area contributed by atoms with Gasteiger partial charge in [0.25, 0.3) is 0 Å². The van der Waals surface area contributed by atoms with Crippen molar-refractivity contribution in [3.8, 4) is 11.1 Å². The summed E-state index contributed by atoms with van der Waals surface area (Å²) in [5.41, 5.74) is 3.65. The minimum atomic E-state index is 0.202. The highest BCUT2D eigenvalue weighted by molar-refractivity contribution is 5.96. The van der Waals surface area contributed by atoms with Gasteiger partial charge in [-0.05, 0) is 33.9 Å². The van der Waals surface area contributed by atoms with Crippen LogP contribution in [0.25, 0.3) is 21.9 Å². The molecule has 3 aromatic rings. The second-order valence-electron chi connectivity index (χ2n) is 4.70. The van der Waals surface area contributed by atoms with Crippen LogP contribution in [0.15, 0.2) is 66.7 Å². The molecule has 0 fully saturated rings. The molecule has 1 heteroatoms. The molecule has 0 heterocycles. The molecular formula is C18H16O. The number of aliphatic hydroxyl groups is 1. The number of hydrogen-bond donors (Lipinski definition) is 1. The van der Waals surface area contributed by atoms with E-state index in [0.29, 0.717) is 0 Å². The lowest BCUT2D eigenvalue weighted by molar-refractivity contribution is 0.299. The standard InChI is InChI=1S/C18H16O/c19-13-12-14-8-10-16(11-9-14)18-7-3-5-15-4-1-2-6-17(15)18/h1-11,19H,12-13H2. The molecule has 0 aromatic heterocycles. The summed E-state index contributed by atoms with van der Waals surface area (Å²) in [6.07, 6.45) is 0.718. The molecule has 0 saturated heterocycles. The fourth-order valence-corrected chi connectivity index (χ4v) is 2.46. The van der Waals surface area contributed by atoms with E-state index in [1.807, 2.05) is 0 Å². The minimum absolute atomic E-state index is 0.202. The topological polar surface area (TPSA) is 20.2 Å². The zero-order chi connectivity index (χ0) is 13.1. The van der Waals surface area contributed by atoms with Gasteiger partial charge >= 0.3 is 0 Å². The van der Waals surface area contributed by atoms with Gasteiger partial charge in [-0.1, -0.05) is 66.7 Å². The molecule has 3 rings (SSSR count). The Morgan fingerprint density at radius 2 is 1.47 bits per heavy atom. The predicted molar refractivity (Wildman–Crippen MR) is 80.2 cm³/mol. The molecule has 0 aliphatic carbocycles. The first-order valence-corrected chi connectivity index (χ1v) is 6.56. The number of benzene rings is 3. The fraction of sp³-hybridized carbons (Fsp3) is 0.111. The molecule has 0 aliphatic rings. The van der Waals surface area contributed by atoms with Crippen LogP contribution < -0.4 is 0 Å². The average Bonchev–Trinajstić information content (AvgIpc) is 2.48. The van der Waals surface area contributed by atoms with Gasteiger partial charge in [0, 0.05) is 6.61 Å². The van der Waals surface area contributed by atoms with Gasteiger partial charge in [0.2, 0.25) is 0 Å². The lowest BCUT2D eigenvalue weighted by Gasteiger charge is -2.07. The predicted octanol–water partition coefficient (Wildman–Crippen LogP) is 4.04. The molecule has 0 unspecified atom stereocenters. The molecule has 94 valence electrons. The van der Waals surface area contributed by atoms with Crippen molar-refractivity contribution in [1.29, 1.82) is 0 Å². The summed E-state index contributed by atoms with van der Waals surface area (Å²) in [5.74, 6) is 0. The van der Waals surface area contributed by atoms with Crippen LogP contribution in [0.5, 0.6) is 0 Å². The van der Waals surface area contributed by atoms with Gasteiger partial charge in [-0.25, -0.2) is 0 Å². The van der Waals surface area contributed by atoms with E-state index in [0.717, 1.165) is 6.42 Å². The smallest absolute Gasteiger partial charge is 0.0471 e. The van der Waals surface area contributed by atoms with Crippen LogP contribution >= 0.6 is 0 Å². The monoisotopic (exact) mass is 248 g/mol. The highest BCUT2D eigenvalue weighted by Gasteiger charge is 2.03. The van der Waals surface area contributed by atoms with Gasteiger partial charge < -0.3 is 5.11 Å². The number of fused-ring (bicyclic) bond motifs is 1. The van der Waals surface area contributed by atoms with E-state index in [1.54, 1.807) is 0 Å². The highest BCUT2D eigenvalue weighted by atomic mass is 16.2. The fourth-order valence-electron chi connectivity index (χ4n) is 2.46. The van der Waals surface area contributed by atoms with Crippen molar-refractivity contribution in [2.75, 3.05) is 6.61 Å². The molecule has 0 radical (unpaired) electrons. The zero-order valence-corrected chi connectivity index (χ0v) is 10.7. The third-order valence-corrected chi connectivity index (χ3v) is 3.46. The number of rotatable bonds is 3. The Bertz CT molecular complexity index is 678. The van der Waals surface area contributed by atoms with E-state index in [1.165, 1.54) is 27.5 Å². The first-order chi connectivity index (χ1) is 9.38. The quantitative estimate of drug-likeness (QED) is 0.741. The highest BCUT2D eigenvalue weighted by Crippen LogP contribution is 2.28.